The van der Waals surface area contributed by atoms with Crippen LogP contribution in [0.4, 0.5) is 10.5 Å². The standard InChI is InChI=1S/C25H27N3O2S/c1-19-7-5-10-21(15-19)26-25(30)28(22-12-13-22)18-24(29)27(17-23-11-6-14-31-23)16-20-8-3-2-4-9-20/h2-11,14-15,22H,12-13,16-18H2,1H3,(H,26,30). The van der Waals surface area contributed by atoms with Crippen LogP contribution in [-0.2, 0) is 17.9 Å². The molecule has 6 heteroatoms. The summed E-state index contributed by atoms with van der Waals surface area (Å²) >= 11 is 1.64. The van der Waals surface area contributed by atoms with Crippen molar-refractivity contribution in [2.45, 2.75) is 38.9 Å². The molecule has 0 unspecified atom stereocenters. The lowest BCUT2D eigenvalue weighted by molar-refractivity contribution is -0.133. The van der Waals surface area contributed by atoms with Gasteiger partial charge in [0.2, 0.25) is 5.91 Å². The van der Waals surface area contributed by atoms with Crippen molar-refractivity contribution < 1.29 is 9.59 Å². The molecule has 31 heavy (non-hydrogen) atoms. The van der Waals surface area contributed by atoms with Crippen molar-refractivity contribution in [1.29, 1.82) is 0 Å². The van der Waals surface area contributed by atoms with E-state index in [9.17, 15) is 9.59 Å². The summed E-state index contributed by atoms with van der Waals surface area (Å²) < 4.78 is 0. The van der Waals surface area contributed by atoms with Crippen LogP contribution in [0.2, 0.25) is 0 Å². The molecule has 0 bridgehead atoms. The highest BCUT2D eigenvalue weighted by Gasteiger charge is 2.35. The molecule has 1 heterocycles. The first-order valence-corrected chi connectivity index (χ1v) is 11.4. The minimum absolute atomic E-state index is 0.0384. The lowest BCUT2D eigenvalue weighted by Gasteiger charge is -2.28. The molecule has 0 radical (unpaired) electrons. The maximum absolute atomic E-state index is 13.3. The molecule has 0 aliphatic heterocycles. The third kappa shape index (κ3) is 5.95. The zero-order chi connectivity index (χ0) is 21.6. The van der Waals surface area contributed by atoms with Crippen LogP contribution in [0.1, 0.15) is 28.8 Å². The maximum Gasteiger partial charge on any atom is 0.322 e. The van der Waals surface area contributed by atoms with Crippen LogP contribution in [0.3, 0.4) is 0 Å². The van der Waals surface area contributed by atoms with Gasteiger partial charge in [0.05, 0.1) is 6.54 Å². The Kier molecular flexibility index (Phi) is 6.67. The Bertz CT molecular complexity index is 1020. The summed E-state index contributed by atoms with van der Waals surface area (Å²) in [6, 6.07) is 21.7. The Hall–Kier alpha value is -3.12. The van der Waals surface area contributed by atoms with Gasteiger partial charge in [-0.2, -0.15) is 0 Å². The van der Waals surface area contributed by atoms with Gasteiger partial charge in [-0.3, -0.25) is 4.79 Å². The van der Waals surface area contributed by atoms with Gasteiger partial charge in [0.15, 0.2) is 0 Å². The summed E-state index contributed by atoms with van der Waals surface area (Å²) in [5.41, 5.74) is 2.91. The fourth-order valence-electron chi connectivity index (χ4n) is 3.54. The van der Waals surface area contributed by atoms with E-state index in [1.807, 2.05) is 83.9 Å². The Morgan fingerprint density at radius 3 is 2.48 bits per heavy atom. The zero-order valence-corrected chi connectivity index (χ0v) is 18.5. The number of carbonyl (C=O) groups is 2. The number of urea groups is 1. The normalized spacial score (nSPS) is 12.9. The highest BCUT2D eigenvalue weighted by molar-refractivity contribution is 7.09. The van der Waals surface area contributed by atoms with Gasteiger partial charge in [0.25, 0.3) is 0 Å². The maximum atomic E-state index is 13.3. The quantitative estimate of drug-likeness (QED) is 0.525. The van der Waals surface area contributed by atoms with Gasteiger partial charge in [-0.1, -0.05) is 48.5 Å². The molecule has 1 aliphatic carbocycles. The predicted octanol–water partition coefficient (Wildman–Crippen LogP) is 5.28. The summed E-state index contributed by atoms with van der Waals surface area (Å²) in [5.74, 6) is -0.0384. The van der Waals surface area contributed by atoms with Crippen LogP contribution in [0.15, 0.2) is 72.1 Å². The molecule has 5 nitrogen and oxygen atoms in total. The van der Waals surface area contributed by atoms with Gasteiger partial charge in [0.1, 0.15) is 6.54 Å². The SMILES string of the molecule is Cc1cccc(NC(=O)N(CC(=O)N(Cc2ccccc2)Cc2cccs2)C2CC2)c1. The molecule has 1 aromatic heterocycles. The molecule has 0 spiro atoms. The zero-order valence-electron chi connectivity index (χ0n) is 17.7. The van der Waals surface area contributed by atoms with Gasteiger partial charge in [-0.05, 0) is 54.5 Å². The summed E-state index contributed by atoms with van der Waals surface area (Å²) in [6.45, 7) is 3.14. The minimum Gasteiger partial charge on any atom is -0.332 e. The third-order valence-electron chi connectivity index (χ3n) is 5.32. The monoisotopic (exact) mass is 433 g/mol. The number of hydrogen-bond donors (Lipinski definition) is 1. The largest absolute Gasteiger partial charge is 0.332 e. The van der Waals surface area contributed by atoms with E-state index < -0.39 is 0 Å². The second-order valence-corrected chi connectivity index (χ2v) is 9.01. The van der Waals surface area contributed by atoms with Crippen LogP contribution in [-0.4, -0.2) is 34.3 Å². The van der Waals surface area contributed by atoms with Gasteiger partial charge in [0, 0.05) is 23.2 Å². The van der Waals surface area contributed by atoms with E-state index in [1.165, 1.54) is 0 Å². The Morgan fingerprint density at radius 2 is 1.81 bits per heavy atom. The second kappa shape index (κ2) is 9.79. The number of rotatable bonds is 8. The van der Waals surface area contributed by atoms with E-state index in [-0.39, 0.29) is 24.5 Å². The van der Waals surface area contributed by atoms with E-state index in [1.54, 1.807) is 16.2 Å². The number of thiophene rings is 1. The second-order valence-electron chi connectivity index (χ2n) is 7.97. The van der Waals surface area contributed by atoms with Crippen molar-refractivity contribution in [3.05, 3.63) is 88.1 Å². The van der Waals surface area contributed by atoms with E-state index in [0.717, 1.165) is 34.5 Å². The Labute approximate surface area is 187 Å². The fraction of sp³-hybridized carbons (Fsp3) is 0.280. The van der Waals surface area contributed by atoms with Crippen LogP contribution in [0.25, 0.3) is 0 Å². The van der Waals surface area contributed by atoms with Crippen molar-refractivity contribution in [3.63, 3.8) is 0 Å². The van der Waals surface area contributed by atoms with Crippen LogP contribution in [0, 0.1) is 6.92 Å². The van der Waals surface area contributed by atoms with E-state index in [2.05, 4.69) is 5.32 Å². The third-order valence-corrected chi connectivity index (χ3v) is 6.18. The van der Waals surface area contributed by atoms with E-state index in [0.29, 0.717) is 13.1 Å². The lowest BCUT2D eigenvalue weighted by Crippen LogP contribution is -2.45. The van der Waals surface area contributed by atoms with Gasteiger partial charge in [-0.25, -0.2) is 4.79 Å². The van der Waals surface area contributed by atoms with Crippen LogP contribution >= 0.6 is 11.3 Å². The van der Waals surface area contributed by atoms with E-state index >= 15 is 0 Å². The summed E-state index contributed by atoms with van der Waals surface area (Å²) in [5, 5.41) is 4.98. The van der Waals surface area contributed by atoms with Crippen molar-refractivity contribution in [2.24, 2.45) is 0 Å². The van der Waals surface area contributed by atoms with Crippen LogP contribution in [0.5, 0.6) is 0 Å². The van der Waals surface area contributed by atoms with Crippen molar-refractivity contribution >= 4 is 29.0 Å². The molecule has 1 saturated carbocycles. The number of amides is 3. The van der Waals surface area contributed by atoms with E-state index in [4.69, 9.17) is 0 Å². The average molecular weight is 434 g/mol. The minimum atomic E-state index is -0.211. The van der Waals surface area contributed by atoms with Crippen molar-refractivity contribution in [2.75, 3.05) is 11.9 Å². The lowest BCUT2D eigenvalue weighted by atomic mass is 10.2. The predicted molar refractivity (Wildman–Crippen MR) is 125 cm³/mol. The first-order chi connectivity index (χ1) is 15.1. The molecule has 160 valence electrons. The number of anilines is 1. The van der Waals surface area contributed by atoms with Crippen molar-refractivity contribution in [3.8, 4) is 0 Å². The molecule has 2 aromatic carbocycles. The molecule has 1 fully saturated rings. The number of nitrogens with one attached hydrogen (secondary N) is 1. The van der Waals surface area contributed by atoms with Gasteiger partial charge in [-0.15, -0.1) is 11.3 Å². The molecule has 0 saturated heterocycles. The number of carbonyl (C=O) groups excluding carboxylic acids is 2. The smallest absolute Gasteiger partial charge is 0.322 e. The number of hydrogen-bond acceptors (Lipinski definition) is 3. The molecule has 0 atom stereocenters. The number of benzene rings is 2. The summed E-state index contributed by atoms with van der Waals surface area (Å²) in [4.78, 5) is 31.0. The average Bonchev–Trinajstić information content (AvgIpc) is 3.47. The highest BCUT2D eigenvalue weighted by Crippen LogP contribution is 2.28. The molecule has 4 rings (SSSR count). The molecule has 3 aromatic rings. The van der Waals surface area contributed by atoms with Gasteiger partial charge >= 0.3 is 6.03 Å². The topological polar surface area (TPSA) is 52.7 Å². The van der Waals surface area contributed by atoms with Gasteiger partial charge < -0.3 is 15.1 Å². The molecule has 1 N–H and O–H groups in total. The first kappa shape index (κ1) is 21.1. The number of aryl methyl sites for hydroxylation is 1. The summed E-state index contributed by atoms with van der Waals surface area (Å²) in [7, 11) is 0. The van der Waals surface area contributed by atoms with Crippen molar-refractivity contribution in [1.82, 2.24) is 9.80 Å². The fourth-order valence-corrected chi connectivity index (χ4v) is 4.26. The first-order valence-electron chi connectivity index (χ1n) is 10.6. The summed E-state index contributed by atoms with van der Waals surface area (Å²) in [6.07, 6.45) is 1.89. The highest BCUT2D eigenvalue weighted by atomic mass is 32.1. The molecule has 1 aliphatic rings. The molecular formula is C25H27N3O2S. The van der Waals surface area contributed by atoms with Crippen LogP contribution < -0.4 is 5.32 Å². The molecule has 3 amide bonds. The number of nitrogens with zero attached hydrogens (tertiary/aromatic N) is 2. The Morgan fingerprint density at radius 1 is 1.00 bits per heavy atom. The molecular weight excluding hydrogens is 406 g/mol. The Balaban J connectivity index is 1.47.